The predicted molar refractivity (Wildman–Crippen MR) is 86.5 cm³/mol. The number of rotatable bonds is 0. The molecule has 4 nitrogen and oxygen atoms in total. The number of hydrogen-bond donors (Lipinski definition) is 4. The Balaban J connectivity index is 1.72. The van der Waals surface area contributed by atoms with Gasteiger partial charge in [-0.15, -0.1) is 0 Å². The zero-order valence-corrected chi connectivity index (χ0v) is 14.4. The van der Waals surface area contributed by atoms with Crippen molar-refractivity contribution in [3.05, 3.63) is 0 Å². The number of fused-ring (bicyclic) bond motifs is 5. The zero-order valence-electron chi connectivity index (χ0n) is 14.4. The first-order chi connectivity index (χ1) is 10.8. The minimum absolute atomic E-state index is 0.00168. The van der Waals surface area contributed by atoms with E-state index in [1.54, 1.807) is 0 Å². The fourth-order valence-corrected chi connectivity index (χ4v) is 7.21. The summed E-state index contributed by atoms with van der Waals surface area (Å²) in [7, 11) is 0. The van der Waals surface area contributed by atoms with Gasteiger partial charge in [0.1, 0.15) is 0 Å². The third-order valence-electron chi connectivity index (χ3n) is 8.68. The van der Waals surface area contributed by atoms with Gasteiger partial charge in [0.05, 0.1) is 24.4 Å². The molecule has 4 fully saturated rings. The molecule has 0 aromatic carbocycles. The molecule has 0 bridgehead atoms. The molecule has 0 aromatic rings. The fraction of sp³-hybridized carbons (Fsp3) is 1.00. The molecule has 0 aliphatic heterocycles. The summed E-state index contributed by atoms with van der Waals surface area (Å²) in [6.45, 7) is 4.47. The Kier molecular flexibility index (Phi) is 3.67. The molecule has 4 N–H and O–H groups in total. The van der Waals surface area contributed by atoms with Gasteiger partial charge in [0.25, 0.3) is 0 Å². The predicted octanol–water partition coefficient (Wildman–Crippen LogP) is 1.69. The molecule has 4 rings (SSSR count). The second kappa shape index (κ2) is 5.17. The SMILES string of the molecule is CC12CCC3C(C(O)C(O)C4CC(O)CCC43C)C1CCC2O. The van der Waals surface area contributed by atoms with Crippen LogP contribution in [-0.2, 0) is 0 Å². The summed E-state index contributed by atoms with van der Waals surface area (Å²) in [5.41, 5.74) is -0.0866. The second-order valence-electron chi connectivity index (χ2n) is 9.45. The summed E-state index contributed by atoms with van der Waals surface area (Å²) in [4.78, 5) is 0. The minimum atomic E-state index is -0.740. The largest absolute Gasteiger partial charge is 0.393 e. The van der Waals surface area contributed by atoms with E-state index in [1.165, 1.54) is 0 Å². The highest BCUT2D eigenvalue weighted by molar-refractivity contribution is 5.13. The molecule has 0 saturated heterocycles. The van der Waals surface area contributed by atoms with Crippen LogP contribution in [0.4, 0.5) is 0 Å². The lowest BCUT2D eigenvalue weighted by Crippen LogP contribution is -2.64. The minimum Gasteiger partial charge on any atom is -0.393 e. The van der Waals surface area contributed by atoms with Crippen LogP contribution in [0.5, 0.6) is 0 Å². The van der Waals surface area contributed by atoms with Crippen molar-refractivity contribution in [1.29, 1.82) is 0 Å². The average Bonchev–Trinajstić information content (AvgIpc) is 2.82. The molecular weight excluding hydrogens is 292 g/mol. The summed E-state index contributed by atoms with van der Waals surface area (Å²) < 4.78 is 0. The lowest BCUT2D eigenvalue weighted by atomic mass is 9.43. The molecule has 0 amide bonds. The maximum atomic E-state index is 10.9. The van der Waals surface area contributed by atoms with Crippen LogP contribution in [0.15, 0.2) is 0 Å². The molecule has 4 saturated carbocycles. The molecule has 10 atom stereocenters. The van der Waals surface area contributed by atoms with Crippen LogP contribution in [0.25, 0.3) is 0 Å². The van der Waals surface area contributed by atoms with Crippen LogP contribution in [-0.4, -0.2) is 44.8 Å². The van der Waals surface area contributed by atoms with Crippen molar-refractivity contribution in [3.8, 4) is 0 Å². The van der Waals surface area contributed by atoms with E-state index < -0.39 is 12.2 Å². The van der Waals surface area contributed by atoms with Crippen LogP contribution in [0, 0.1) is 34.5 Å². The first-order valence-corrected chi connectivity index (χ1v) is 9.51. The van der Waals surface area contributed by atoms with E-state index in [4.69, 9.17) is 0 Å². The lowest BCUT2D eigenvalue weighted by molar-refractivity contribution is -0.224. The third-order valence-corrected chi connectivity index (χ3v) is 8.68. The van der Waals surface area contributed by atoms with Gasteiger partial charge in [0, 0.05) is 0 Å². The van der Waals surface area contributed by atoms with E-state index in [0.29, 0.717) is 18.3 Å². The van der Waals surface area contributed by atoms with Crippen molar-refractivity contribution in [1.82, 2.24) is 0 Å². The average molecular weight is 324 g/mol. The van der Waals surface area contributed by atoms with Gasteiger partial charge in [-0.25, -0.2) is 0 Å². The summed E-state index contributed by atoms with van der Waals surface area (Å²) >= 11 is 0. The molecule has 10 unspecified atom stereocenters. The van der Waals surface area contributed by atoms with Crippen LogP contribution >= 0.6 is 0 Å². The van der Waals surface area contributed by atoms with Gasteiger partial charge >= 0.3 is 0 Å². The van der Waals surface area contributed by atoms with Crippen LogP contribution in [0.2, 0.25) is 0 Å². The Labute approximate surface area is 138 Å². The highest BCUT2D eigenvalue weighted by atomic mass is 16.3. The van der Waals surface area contributed by atoms with E-state index >= 15 is 0 Å². The molecule has 23 heavy (non-hydrogen) atoms. The van der Waals surface area contributed by atoms with E-state index in [0.717, 1.165) is 38.5 Å². The number of aliphatic hydroxyl groups is 4. The van der Waals surface area contributed by atoms with Gasteiger partial charge in [-0.2, -0.15) is 0 Å². The fourth-order valence-electron chi connectivity index (χ4n) is 7.21. The van der Waals surface area contributed by atoms with Crippen LogP contribution < -0.4 is 0 Å². The quantitative estimate of drug-likeness (QED) is 0.547. The molecule has 0 radical (unpaired) electrons. The van der Waals surface area contributed by atoms with Gasteiger partial charge in [-0.3, -0.25) is 0 Å². The Morgan fingerprint density at radius 2 is 1.35 bits per heavy atom. The molecule has 0 heterocycles. The van der Waals surface area contributed by atoms with E-state index in [9.17, 15) is 20.4 Å². The Bertz CT molecular complexity index is 482. The van der Waals surface area contributed by atoms with Crippen molar-refractivity contribution in [2.24, 2.45) is 34.5 Å². The van der Waals surface area contributed by atoms with Crippen LogP contribution in [0.1, 0.15) is 58.8 Å². The van der Waals surface area contributed by atoms with Gasteiger partial charge in [-0.05, 0) is 79.4 Å². The highest BCUT2D eigenvalue weighted by Crippen LogP contribution is 2.66. The maximum absolute atomic E-state index is 10.9. The number of aliphatic hydroxyl groups excluding tert-OH is 4. The highest BCUT2D eigenvalue weighted by Gasteiger charge is 2.64. The van der Waals surface area contributed by atoms with E-state index in [2.05, 4.69) is 13.8 Å². The van der Waals surface area contributed by atoms with Crippen molar-refractivity contribution in [2.45, 2.75) is 83.2 Å². The summed E-state index contributed by atoms with van der Waals surface area (Å²) in [5.74, 6) is 0.808. The Morgan fingerprint density at radius 1 is 0.696 bits per heavy atom. The monoisotopic (exact) mass is 324 g/mol. The maximum Gasteiger partial charge on any atom is 0.0836 e. The Hall–Kier alpha value is -0.160. The molecule has 4 aliphatic carbocycles. The zero-order chi connectivity index (χ0) is 16.6. The summed E-state index contributed by atoms with van der Waals surface area (Å²) in [5, 5.41) is 42.3. The van der Waals surface area contributed by atoms with Crippen LogP contribution in [0.3, 0.4) is 0 Å². The lowest BCUT2D eigenvalue weighted by Gasteiger charge is -2.63. The third kappa shape index (κ3) is 2.04. The molecule has 0 spiro atoms. The van der Waals surface area contributed by atoms with E-state index in [1.807, 2.05) is 0 Å². The van der Waals surface area contributed by atoms with Gasteiger partial charge in [0.15, 0.2) is 0 Å². The van der Waals surface area contributed by atoms with Gasteiger partial charge in [-0.1, -0.05) is 13.8 Å². The Morgan fingerprint density at radius 3 is 2.09 bits per heavy atom. The topological polar surface area (TPSA) is 80.9 Å². The number of hydrogen-bond acceptors (Lipinski definition) is 4. The van der Waals surface area contributed by atoms with Gasteiger partial charge in [0.2, 0.25) is 0 Å². The molecule has 132 valence electrons. The molecular formula is C19H32O4. The second-order valence-corrected chi connectivity index (χ2v) is 9.45. The molecule has 4 heteroatoms. The molecule has 0 aromatic heterocycles. The summed E-state index contributed by atoms with van der Waals surface area (Å²) in [6.07, 6.45) is 4.15. The van der Waals surface area contributed by atoms with Crippen molar-refractivity contribution in [2.75, 3.05) is 0 Å². The van der Waals surface area contributed by atoms with E-state index in [-0.39, 0.29) is 34.9 Å². The normalized spacial score (nSPS) is 62.3. The first-order valence-electron chi connectivity index (χ1n) is 9.51. The van der Waals surface area contributed by atoms with Crippen molar-refractivity contribution in [3.63, 3.8) is 0 Å². The molecule has 4 aliphatic rings. The summed E-state index contributed by atoms with van der Waals surface area (Å²) in [6, 6.07) is 0. The van der Waals surface area contributed by atoms with Gasteiger partial charge < -0.3 is 20.4 Å². The van der Waals surface area contributed by atoms with Crippen molar-refractivity contribution >= 4 is 0 Å². The smallest absolute Gasteiger partial charge is 0.0836 e. The first kappa shape index (κ1) is 16.3. The van der Waals surface area contributed by atoms with Crippen molar-refractivity contribution < 1.29 is 20.4 Å². The standard InChI is InChI=1S/C19H32O4/c1-18-7-5-10(20)9-13(18)16(22)17(23)15-11-3-4-14(21)19(11,2)8-6-12(15)18/h10-17,20-23H,3-9H2,1-2H3.